The maximum atomic E-state index is 12.5. The first-order chi connectivity index (χ1) is 13.9. The number of carbonyl (C=O) groups is 2. The normalized spacial score (nSPS) is 16.5. The van der Waals surface area contributed by atoms with Gasteiger partial charge in [0.2, 0.25) is 0 Å². The van der Waals surface area contributed by atoms with Gasteiger partial charge in [0.1, 0.15) is 0 Å². The minimum Gasteiger partial charge on any atom is -0.504 e. The van der Waals surface area contributed by atoms with E-state index in [2.05, 4.69) is 4.99 Å². The monoisotopic (exact) mass is 412 g/mol. The fraction of sp³-hybridized carbons (Fsp3) is 0.190. The van der Waals surface area contributed by atoms with Crippen molar-refractivity contribution in [2.24, 2.45) is 4.99 Å². The van der Waals surface area contributed by atoms with Crippen LogP contribution in [0.5, 0.6) is 11.5 Å². The van der Waals surface area contributed by atoms with E-state index in [-0.39, 0.29) is 17.6 Å². The van der Waals surface area contributed by atoms with Crippen LogP contribution in [0.1, 0.15) is 22.8 Å². The van der Waals surface area contributed by atoms with Crippen LogP contribution in [0, 0.1) is 0 Å². The number of aliphatic imine (C=N–C) groups is 1. The maximum Gasteiger partial charge on any atom is 0.338 e. The van der Waals surface area contributed by atoms with Crippen molar-refractivity contribution in [3.63, 3.8) is 0 Å². The van der Waals surface area contributed by atoms with E-state index in [0.29, 0.717) is 39.2 Å². The molecule has 0 aliphatic carbocycles. The van der Waals surface area contributed by atoms with Crippen LogP contribution in [0.15, 0.2) is 52.4 Å². The van der Waals surface area contributed by atoms with E-state index in [9.17, 15) is 14.7 Å². The fourth-order valence-corrected chi connectivity index (χ4v) is 3.58. The van der Waals surface area contributed by atoms with Gasteiger partial charge in [0, 0.05) is 7.05 Å². The van der Waals surface area contributed by atoms with Crippen molar-refractivity contribution in [1.82, 2.24) is 4.90 Å². The van der Waals surface area contributed by atoms with Crippen molar-refractivity contribution in [2.45, 2.75) is 6.92 Å². The average molecular weight is 412 g/mol. The molecule has 1 amide bonds. The quantitative estimate of drug-likeness (QED) is 0.593. The van der Waals surface area contributed by atoms with E-state index in [1.807, 2.05) is 0 Å². The number of ether oxygens (including phenoxy) is 2. The minimum atomic E-state index is -0.387. The molecule has 0 spiro atoms. The van der Waals surface area contributed by atoms with E-state index in [1.54, 1.807) is 56.4 Å². The van der Waals surface area contributed by atoms with Gasteiger partial charge < -0.3 is 14.6 Å². The number of benzene rings is 2. The summed E-state index contributed by atoms with van der Waals surface area (Å²) in [5, 5.41) is 10.4. The number of hydrogen-bond acceptors (Lipinski definition) is 7. The van der Waals surface area contributed by atoms with Gasteiger partial charge in [-0.25, -0.2) is 9.79 Å². The van der Waals surface area contributed by atoms with Crippen molar-refractivity contribution in [2.75, 3.05) is 20.8 Å². The Morgan fingerprint density at radius 3 is 2.59 bits per heavy atom. The molecule has 1 aliphatic rings. The molecule has 1 N–H and O–H groups in total. The Kier molecular flexibility index (Phi) is 6.23. The molecule has 1 aliphatic heterocycles. The third-order valence-electron chi connectivity index (χ3n) is 4.11. The highest BCUT2D eigenvalue weighted by molar-refractivity contribution is 8.18. The molecular formula is C21H20N2O5S. The van der Waals surface area contributed by atoms with Gasteiger partial charge in [-0.05, 0) is 66.7 Å². The Morgan fingerprint density at radius 2 is 1.97 bits per heavy atom. The van der Waals surface area contributed by atoms with Crippen LogP contribution in [-0.2, 0) is 9.53 Å². The molecule has 8 heteroatoms. The number of amidine groups is 1. The van der Waals surface area contributed by atoms with Crippen LogP contribution >= 0.6 is 11.8 Å². The molecule has 1 fully saturated rings. The van der Waals surface area contributed by atoms with Crippen LogP contribution < -0.4 is 4.74 Å². The number of methoxy groups -OCH3 is 1. The smallest absolute Gasteiger partial charge is 0.338 e. The average Bonchev–Trinajstić information content (AvgIpc) is 2.97. The second-order valence-electron chi connectivity index (χ2n) is 6.07. The number of rotatable bonds is 5. The molecule has 1 saturated heterocycles. The summed E-state index contributed by atoms with van der Waals surface area (Å²) in [7, 11) is 3.12. The molecule has 1 heterocycles. The van der Waals surface area contributed by atoms with Crippen LogP contribution in [0.25, 0.3) is 6.08 Å². The number of amides is 1. The number of likely N-dealkylation sites (N-methyl/N-ethyl adjacent to an activating group) is 1. The molecular weight excluding hydrogens is 392 g/mol. The number of aromatic hydroxyl groups is 1. The first-order valence-electron chi connectivity index (χ1n) is 8.83. The number of phenols is 1. The van der Waals surface area contributed by atoms with Crippen molar-refractivity contribution in [3.05, 3.63) is 58.5 Å². The summed E-state index contributed by atoms with van der Waals surface area (Å²) >= 11 is 1.23. The predicted octanol–water partition coefficient (Wildman–Crippen LogP) is 3.81. The zero-order valence-electron chi connectivity index (χ0n) is 16.2. The zero-order chi connectivity index (χ0) is 21.0. The first-order valence-corrected chi connectivity index (χ1v) is 9.65. The first kappa shape index (κ1) is 20.5. The maximum absolute atomic E-state index is 12.5. The molecule has 150 valence electrons. The molecule has 2 aromatic rings. The highest BCUT2D eigenvalue weighted by Gasteiger charge is 2.30. The summed E-state index contributed by atoms with van der Waals surface area (Å²) in [5.41, 5.74) is 1.73. The number of carbonyl (C=O) groups excluding carboxylic acids is 2. The van der Waals surface area contributed by atoms with Crippen LogP contribution in [-0.4, -0.2) is 47.8 Å². The number of thioether (sulfide) groups is 1. The van der Waals surface area contributed by atoms with E-state index >= 15 is 0 Å². The molecule has 0 saturated carbocycles. The van der Waals surface area contributed by atoms with Gasteiger partial charge in [0.05, 0.1) is 29.9 Å². The molecule has 3 rings (SSSR count). The third-order valence-corrected chi connectivity index (χ3v) is 5.17. The summed E-state index contributed by atoms with van der Waals surface area (Å²) in [6.07, 6.45) is 1.69. The molecule has 7 nitrogen and oxygen atoms in total. The number of esters is 1. The lowest BCUT2D eigenvalue weighted by atomic mass is 10.2. The van der Waals surface area contributed by atoms with Gasteiger partial charge in [-0.1, -0.05) is 6.07 Å². The summed E-state index contributed by atoms with van der Waals surface area (Å²) < 4.78 is 9.99. The third kappa shape index (κ3) is 4.60. The minimum absolute atomic E-state index is 0.00114. The lowest BCUT2D eigenvalue weighted by Crippen LogP contribution is -2.23. The standard InChI is InChI=1S/C21H20N2O5S/c1-4-28-20(26)14-6-8-15(9-7-14)22-21-23(2)19(25)18(29-21)12-13-5-10-17(27-3)16(24)11-13/h5-12,24H,4H2,1-3H3. The Bertz CT molecular complexity index is 999. The van der Waals surface area contributed by atoms with E-state index < -0.39 is 0 Å². The van der Waals surface area contributed by atoms with Crippen molar-refractivity contribution in [3.8, 4) is 11.5 Å². The highest BCUT2D eigenvalue weighted by Crippen LogP contribution is 2.34. The van der Waals surface area contributed by atoms with Gasteiger partial charge >= 0.3 is 5.97 Å². The van der Waals surface area contributed by atoms with Crippen LogP contribution in [0.4, 0.5) is 5.69 Å². The molecule has 29 heavy (non-hydrogen) atoms. The highest BCUT2D eigenvalue weighted by atomic mass is 32.2. The predicted molar refractivity (Wildman–Crippen MR) is 112 cm³/mol. The molecule has 0 unspecified atom stereocenters. The van der Waals surface area contributed by atoms with Crippen molar-refractivity contribution >= 4 is 40.6 Å². The summed E-state index contributed by atoms with van der Waals surface area (Å²) in [5.74, 6) is -0.209. The molecule has 0 bridgehead atoms. The number of nitrogens with zero attached hydrogens (tertiary/aromatic N) is 2. The molecule has 0 radical (unpaired) electrons. The second-order valence-corrected chi connectivity index (χ2v) is 7.08. The lowest BCUT2D eigenvalue weighted by Gasteiger charge is -2.07. The fourth-order valence-electron chi connectivity index (χ4n) is 2.60. The van der Waals surface area contributed by atoms with Gasteiger partial charge in [-0.3, -0.25) is 9.69 Å². The van der Waals surface area contributed by atoms with Crippen LogP contribution in [0.2, 0.25) is 0 Å². The summed E-state index contributed by atoms with van der Waals surface area (Å²) in [6, 6.07) is 11.6. The molecule has 2 aromatic carbocycles. The largest absolute Gasteiger partial charge is 0.504 e. The van der Waals surface area contributed by atoms with Gasteiger partial charge in [-0.2, -0.15) is 0 Å². The van der Waals surface area contributed by atoms with Gasteiger partial charge in [0.25, 0.3) is 5.91 Å². The van der Waals surface area contributed by atoms with Crippen molar-refractivity contribution < 1.29 is 24.2 Å². The van der Waals surface area contributed by atoms with Gasteiger partial charge in [0.15, 0.2) is 16.7 Å². The number of hydrogen-bond donors (Lipinski definition) is 1. The second kappa shape index (κ2) is 8.83. The number of phenolic OH excluding ortho intramolecular Hbond substituents is 1. The molecule has 0 aromatic heterocycles. The Morgan fingerprint density at radius 1 is 1.24 bits per heavy atom. The van der Waals surface area contributed by atoms with E-state index in [1.165, 1.54) is 29.8 Å². The molecule has 0 atom stereocenters. The van der Waals surface area contributed by atoms with Crippen LogP contribution in [0.3, 0.4) is 0 Å². The lowest BCUT2D eigenvalue weighted by molar-refractivity contribution is -0.121. The van der Waals surface area contributed by atoms with Crippen molar-refractivity contribution in [1.29, 1.82) is 0 Å². The Balaban J connectivity index is 1.81. The zero-order valence-corrected chi connectivity index (χ0v) is 17.0. The van der Waals surface area contributed by atoms with E-state index in [4.69, 9.17) is 9.47 Å². The Labute approximate surface area is 172 Å². The Hall–Kier alpha value is -3.26. The van der Waals surface area contributed by atoms with E-state index in [0.717, 1.165) is 0 Å². The summed E-state index contributed by atoms with van der Waals surface area (Å²) in [4.78, 5) is 30.7. The summed E-state index contributed by atoms with van der Waals surface area (Å²) in [6.45, 7) is 2.06. The SMILES string of the molecule is CCOC(=O)c1ccc(N=C2SC(=Cc3ccc(OC)c(O)c3)C(=O)N2C)cc1. The topological polar surface area (TPSA) is 88.4 Å². The van der Waals surface area contributed by atoms with Gasteiger partial charge in [-0.15, -0.1) is 0 Å².